The van der Waals surface area contributed by atoms with Crippen molar-refractivity contribution >= 4 is 6.09 Å². The van der Waals surface area contributed by atoms with Gasteiger partial charge in [-0.15, -0.1) is 0 Å². The van der Waals surface area contributed by atoms with Crippen LogP contribution in [0.2, 0.25) is 0 Å². The summed E-state index contributed by atoms with van der Waals surface area (Å²) in [4.78, 5) is 17.9. The maximum absolute atomic E-state index is 12.8. The monoisotopic (exact) mass is 356 g/mol. The normalized spacial score (nSPS) is 20.4. The lowest BCUT2D eigenvalue weighted by Gasteiger charge is -2.25. The summed E-state index contributed by atoms with van der Waals surface area (Å²) in [6, 6.07) is 13.7. The van der Waals surface area contributed by atoms with Crippen LogP contribution in [0.4, 0.5) is 4.79 Å². The van der Waals surface area contributed by atoms with E-state index < -0.39 is 0 Å². The summed E-state index contributed by atoms with van der Waals surface area (Å²) in [5.74, 6) is 0. The summed E-state index contributed by atoms with van der Waals surface area (Å²) in [5, 5.41) is 0. The van der Waals surface area contributed by atoms with Crippen LogP contribution in [0, 0.1) is 6.92 Å². The second-order valence-corrected chi connectivity index (χ2v) is 7.89. The first-order chi connectivity index (χ1) is 12.3. The standard InChI is InChI=1S/C21H28N2O3/c1-15-10-11-18(22-15)19-12-17(26-21(2,3)4)13-23(19)20(24)25-14-16-8-6-5-7-9-16/h5-11,17,19,22H,12-14H2,1-4H3/t17-,19+/m1/s1. The molecule has 5 nitrogen and oxygen atoms in total. The molecule has 1 fully saturated rings. The van der Waals surface area contributed by atoms with Gasteiger partial charge in [0.05, 0.1) is 24.3 Å². The maximum Gasteiger partial charge on any atom is 0.410 e. The van der Waals surface area contributed by atoms with E-state index in [-0.39, 0.29) is 30.4 Å². The van der Waals surface area contributed by atoms with Gasteiger partial charge in [0.25, 0.3) is 0 Å². The molecule has 2 atom stereocenters. The molecule has 0 unspecified atom stereocenters. The number of nitrogens with one attached hydrogen (secondary N) is 1. The van der Waals surface area contributed by atoms with Crippen LogP contribution in [0.25, 0.3) is 0 Å². The van der Waals surface area contributed by atoms with Gasteiger partial charge in [0.1, 0.15) is 6.61 Å². The highest BCUT2D eigenvalue weighted by Crippen LogP contribution is 2.35. The molecule has 1 aliphatic heterocycles. The predicted octanol–water partition coefficient (Wildman–Crippen LogP) is 4.59. The third-order valence-corrected chi connectivity index (χ3v) is 4.44. The molecule has 1 amide bonds. The smallest absolute Gasteiger partial charge is 0.410 e. The van der Waals surface area contributed by atoms with Gasteiger partial charge >= 0.3 is 6.09 Å². The highest BCUT2D eigenvalue weighted by molar-refractivity contribution is 5.69. The first-order valence-corrected chi connectivity index (χ1v) is 9.12. The van der Waals surface area contributed by atoms with Crippen LogP contribution in [0.3, 0.4) is 0 Å². The average Bonchev–Trinajstić information content (AvgIpc) is 3.18. The number of likely N-dealkylation sites (tertiary alicyclic amines) is 1. The van der Waals surface area contributed by atoms with E-state index in [1.807, 2.05) is 70.2 Å². The van der Waals surface area contributed by atoms with Crippen molar-refractivity contribution in [3.63, 3.8) is 0 Å². The number of hydrogen-bond donors (Lipinski definition) is 1. The van der Waals surface area contributed by atoms with Gasteiger partial charge in [0.15, 0.2) is 0 Å². The van der Waals surface area contributed by atoms with Crippen molar-refractivity contribution in [1.29, 1.82) is 0 Å². The average molecular weight is 356 g/mol. The van der Waals surface area contributed by atoms with E-state index in [2.05, 4.69) is 4.98 Å². The molecule has 0 aliphatic carbocycles. The van der Waals surface area contributed by atoms with E-state index in [0.717, 1.165) is 23.4 Å². The number of carbonyl (C=O) groups excluding carboxylic acids is 1. The molecule has 0 spiro atoms. The van der Waals surface area contributed by atoms with Crippen molar-refractivity contribution in [3.8, 4) is 0 Å². The lowest BCUT2D eigenvalue weighted by atomic mass is 10.1. The molecule has 1 saturated heterocycles. The third kappa shape index (κ3) is 4.67. The molecule has 1 aliphatic rings. The molecule has 0 radical (unpaired) electrons. The number of aryl methyl sites for hydroxylation is 1. The zero-order valence-corrected chi connectivity index (χ0v) is 16.0. The summed E-state index contributed by atoms with van der Waals surface area (Å²) >= 11 is 0. The SMILES string of the molecule is Cc1ccc([C@@H]2C[C@@H](OC(C)(C)C)CN2C(=O)OCc2ccccc2)[nH]1. The molecular weight excluding hydrogens is 328 g/mol. The number of carbonyl (C=O) groups is 1. The Balaban J connectivity index is 1.71. The number of ether oxygens (including phenoxy) is 2. The molecule has 1 aromatic carbocycles. The molecule has 1 N–H and O–H groups in total. The molecular formula is C21H28N2O3. The highest BCUT2D eigenvalue weighted by Gasteiger charge is 2.39. The summed E-state index contributed by atoms with van der Waals surface area (Å²) in [7, 11) is 0. The molecule has 0 saturated carbocycles. The molecule has 2 heterocycles. The fourth-order valence-corrected chi connectivity index (χ4v) is 3.40. The minimum absolute atomic E-state index is 0.00659. The van der Waals surface area contributed by atoms with Crippen LogP contribution >= 0.6 is 0 Å². The number of amides is 1. The van der Waals surface area contributed by atoms with Crippen LogP contribution in [0.1, 0.15) is 50.2 Å². The van der Waals surface area contributed by atoms with Crippen molar-refractivity contribution in [2.75, 3.05) is 6.54 Å². The van der Waals surface area contributed by atoms with Gasteiger partial charge in [0.2, 0.25) is 0 Å². The van der Waals surface area contributed by atoms with Crippen LogP contribution in [0.15, 0.2) is 42.5 Å². The van der Waals surface area contributed by atoms with E-state index in [1.54, 1.807) is 4.90 Å². The zero-order valence-electron chi connectivity index (χ0n) is 16.0. The Morgan fingerprint density at radius 1 is 1.19 bits per heavy atom. The van der Waals surface area contributed by atoms with Crippen molar-refractivity contribution in [2.45, 2.75) is 58.5 Å². The van der Waals surface area contributed by atoms with Gasteiger partial charge in [-0.3, -0.25) is 4.90 Å². The topological polar surface area (TPSA) is 54.6 Å². The molecule has 26 heavy (non-hydrogen) atoms. The Morgan fingerprint density at radius 3 is 2.54 bits per heavy atom. The largest absolute Gasteiger partial charge is 0.445 e. The number of aromatic nitrogens is 1. The van der Waals surface area contributed by atoms with Crippen LogP contribution in [-0.4, -0.2) is 34.2 Å². The zero-order chi connectivity index (χ0) is 18.7. The van der Waals surface area contributed by atoms with E-state index in [4.69, 9.17) is 9.47 Å². The quantitative estimate of drug-likeness (QED) is 0.872. The van der Waals surface area contributed by atoms with Gasteiger partial charge in [-0.05, 0) is 45.4 Å². The van der Waals surface area contributed by atoms with Crippen LogP contribution < -0.4 is 0 Å². The fourth-order valence-electron chi connectivity index (χ4n) is 3.40. The number of rotatable bonds is 4. The molecule has 5 heteroatoms. The van der Waals surface area contributed by atoms with Gasteiger partial charge < -0.3 is 14.5 Å². The van der Waals surface area contributed by atoms with E-state index >= 15 is 0 Å². The second kappa shape index (κ2) is 7.54. The number of benzene rings is 1. The summed E-state index contributed by atoms with van der Waals surface area (Å²) in [5.41, 5.74) is 2.84. The Hall–Kier alpha value is -2.27. The summed E-state index contributed by atoms with van der Waals surface area (Å²) < 4.78 is 11.7. The van der Waals surface area contributed by atoms with Gasteiger partial charge in [0, 0.05) is 17.8 Å². The Labute approximate surface area is 155 Å². The predicted molar refractivity (Wildman–Crippen MR) is 101 cm³/mol. The van der Waals surface area contributed by atoms with Gasteiger partial charge in [-0.25, -0.2) is 4.79 Å². The van der Waals surface area contributed by atoms with E-state index in [1.165, 1.54) is 0 Å². The van der Waals surface area contributed by atoms with Gasteiger partial charge in [-0.1, -0.05) is 30.3 Å². The highest BCUT2D eigenvalue weighted by atomic mass is 16.6. The molecule has 3 rings (SSSR count). The summed E-state index contributed by atoms with van der Waals surface area (Å²) in [6.07, 6.45) is 0.455. The lowest BCUT2D eigenvalue weighted by molar-refractivity contribution is -0.0539. The van der Waals surface area contributed by atoms with Crippen molar-refractivity contribution in [1.82, 2.24) is 9.88 Å². The first-order valence-electron chi connectivity index (χ1n) is 9.12. The number of nitrogens with zero attached hydrogens (tertiary/aromatic N) is 1. The first kappa shape index (κ1) is 18.5. The van der Waals surface area contributed by atoms with Gasteiger partial charge in [-0.2, -0.15) is 0 Å². The van der Waals surface area contributed by atoms with Crippen molar-refractivity contribution in [2.24, 2.45) is 0 Å². The Morgan fingerprint density at radius 2 is 1.92 bits per heavy atom. The second-order valence-electron chi connectivity index (χ2n) is 7.89. The number of hydrogen-bond acceptors (Lipinski definition) is 3. The number of aromatic amines is 1. The van der Waals surface area contributed by atoms with Crippen LogP contribution in [-0.2, 0) is 16.1 Å². The van der Waals surface area contributed by atoms with E-state index in [9.17, 15) is 4.79 Å². The Bertz CT molecular complexity index is 733. The summed E-state index contributed by atoms with van der Waals surface area (Å²) in [6.45, 7) is 8.94. The lowest BCUT2D eigenvalue weighted by Crippen LogP contribution is -2.34. The molecule has 140 valence electrons. The third-order valence-electron chi connectivity index (χ3n) is 4.44. The maximum atomic E-state index is 12.8. The van der Waals surface area contributed by atoms with E-state index in [0.29, 0.717) is 6.54 Å². The minimum atomic E-state index is -0.300. The Kier molecular flexibility index (Phi) is 5.37. The van der Waals surface area contributed by atoms with Crippen molar-refractivity contribution in [3.05, 3.63) is 59.4 Å². The minimum Gasteiger partial charge on any atom is -0.445 e. The molecule has 0 bridgehead atoms. The van der Waals surface area contributed by atoms with Crippen molar-refractivity contribution < 1.29 is 14.3 Å². The molecule has 2 aromatic rings. The van der Waals surface area contributed by atoms with Crippen LogP contribution in [0.5, 0.6) is 0 Å². The number of H-pyrrole nitrogens is 1. The molecule has 1 aromatic heterocycles. The fraction of sp³-hybridized carbons (Fsp3) is 0.476.